The maximum Gasteiger partial charge on any atom is 0.305 e. The average Bonchev–Trinajstić information content (AvgIpc) is 3.08. The highest BCUT2D eigenvalue weighted by atomic mass is 32.2. The molecule has 8 heteroatoms. The molecular formula is C18H20N2O4S2. The van der Waals surface area contributed by atoms with E-state index in [0.717, 1.165) is 36.5 Å². The Hall–Kier alpha value is -2.19. The molecule has 0 aliphatic carbocycles. The second kappa shape index (κ2) is 7.20. The quantitative estimate of drug-likeness (QED) is 0.569. The minimum absolute atomic E-state index is 0.0316. The van der Waals surface area contributed by atoms with Crippen molar-refractivity contribution in [2.75, 3.05) is 24.2 Å². The van der Waals surface area contributed by atoms with Crippen molar-refractivity contribution in [3.8, 4) is 0 Å². The number of anilines is 1. The summed E-state index contributed by atoms with van der Waals surface area (Å²) in [7, 11) is -3.47. The molecule has 0 unspecified atom stereocenters. The molecule has 0 saturated heterocycles. The van der Waals surface area contributed by atoms with Crippen molar-refractivity contribution in [1.82, 2.24) is 0 Å². The van der Waals surface area contributed by atoms with Gasteiger partial charge in [0.25, 0.3) is 0 Å². The van der Waals surface area contributed by atoms with Crippen LogP contribution in [0.3, 0.4) is 0 Å². The molecule has 1 aromatic heterocycles. The fourth-order valence-corrected chi connectivity index (χ4v) is 5.02. The molecule has 138 valence electrons. The predicted molar refractivity (Wildman–Crippen MR) is 105 cm³/mol. The molecule has 0 spiro atoms. The van der Waals surface area contributed by atoms with Crippen molar-refractivity contribution in [3.63, 3.8) is 0 Å². The average molecular weight is 393 g/mol. The Labute approximate surface area is 156 Å². The zero-order valence-electron chi connectivity index (χ0n) is 14.6. The third kappa shape index (κ3) is 3.81. The molecule has 0 atom stereocenters. The number of nitrogens with zero attached hydrogens (tertiary/aromatic N) is 2. The largest absolute Gasteiger partial charge is 0.354 e. The number of rotatable bonds is 5. The third-order valence-electron chi connectivity index (χ3n) is 4.46. The van der Waals surface area contributed by atoms with Crippen molar-refractivity contribution in [2.45, 2.75) is 24.0 Å². The van der Waals surface area contributed by atoms with Crippen LogP contribution in [0.1, 0.15) is 24.5 Å². The first-order valence-electron chi connectivity index (χ1n) is 8.31. The van der Waals surface area contributed by atoms with E-state index in [1.807, 2.05) is 4.90 Å². The normalized spacial score (nSPS) is 15.0. The Morgan fingerprint density at radius 3 is 2.46 bits per heavy atom. The van der Waals surface area contributed by atoms with E-state index in [2.05, 4.69) is 37.3 Å². The van der Waals surface area contributed by atoms with E-state index >= 15 is 0 Å². The van der Waals surface area contributed by atoms with Crippen LogP contribution >= 0.6 is 11.3 Å². The molecule has 1 aliphatic heterocycles. The molecule has 0 amide bonds. The first kappa shape index (κ1) is 18.6. The van der Waals surface area contributed by atoms with E-state index in [0.29, 0.717) is 18.1 Å². The van der Waals surface area contributed by atoms with Crippen LogP contribution in [-0.4, -0.2) is 32.7 Å². The standard InChI is InChI=1S/C18H20N2O4S2/c1-3-13-4-6-14(7-5-13)15-8-10-19(11-9-15)18-16(20(21)22)12-17(25-18)26(2,23)24/h4-8,12H,3,9-11H2,1-2H3. The van der Waals surface area contributed by atoms with Crippen molar-refractivity contribution in [3.05, 3.63) is 57.6 Å². The fourth-order valence-electron chi connectivity index (χ4n) is 2.96. The Morgan fingerprint density at radius 1 is 1.27 bits per heavy atom. The second-order valence-electron chi connectivity index (χ2n) is 6.26. The van der Waals surface area contributed by atoms with Crippen LogP contribution < -0.4 is 4.90 Å². The minimum Gasteiger partial charge on any atom is -0.354 e. The van der Waals surface area contributed by atoms with Crippen LogP contribution in [0.15, 0.2) is 40.6 Å². The summed E-state index contributed by atoms with van der Waals surface area (Å²) in [5.41, 5.74) is 3.53. The van der Waals surface area contributed by atoms with E-state index in [9.17, 15) is 18.5 Å². The van der Waals surface area contributed by atoms with Gasteiger partial charge in [-0.15, -0.1) is 0 Å². The Morgan fingerprint density at radius 2 is 1.96 bits per heavy atom. The number of hydrogen-bond acceptors (Lipinski definition) is 6. The summed E-state index contributed by atoms with van der Waals surface area (Å²) in [6.45, 7) is 3.26. The van der Waals surface area contributed by atoms with Crippen molar-refractivity contribution in [2.24, 2.45) is 0 Å². The highest BCUT2D eigenvalue weighted by Crippen LogP contribution is 2.41. The lowest BCUT2D eigenvalue weighted by Gasteiger charge is -2.26. The minimum atomic E-state index is -3.47. The molecule has 1 aliphatic rings. The van der Waals surface area contributed by atoms with Gasteiger partial charge in [-0.2, -0.15) is 0 Å². The summed E-state index contributed by atoms with van der Waals surface area (Å²) in [5, 5.41) is 11.7. The van der Waals surface area contributed by atoms with Gasteiger partial charge in [-0.25, -0.2) is 8.42 Å². The molecule has 6 nitrogen and oxygen atoms in total. The summed E-state index contributed by atoms with van der Waals surface area (Å²) >= 11 is 0.970. The number of benzene rings is 1. The molecule has 1 aromatic carbocycles. The second-order valence-corrected chi connectivity index (χ2v) is 9.53. The highest BCUT2D eigenvalue weighted by molar-refractivity contribution is 7.92. The molecule has 0 fully saturated rings. The SMILES string of the molecule is CCc1ccc(C2=CCN(c3sc(S(C)(=O)=O)cc3[N+](=O)[O-])CC2)cc1. The molecule has 2 aromatic rings. The van der Waals surface area contributed by atoms with E-state index in [1.165, 1.54) is 16.7 Å². The van der Waals surface area contributed by atoms with Gasteiger partial charge in [-0.3, -0.25) is 10.1 Å². The Bertz CT molecular complexity index is 960. The van der Waals surface area contributed by atoms with Gasteiger partial charge < -0.3 is 4.90 Å². The summed E-state index contributed by atoms with van der Waals surface area (Å²) in [6.07, 6.45) is 4.89. The van der Waals surface area contributed by atoms with Gasteiger partial charge in [0, 0.05) is 25.4 Å². The predicted octanol–water partition coefficient (Wildman–Crippen LogP) is 3.92. The lowest BCUT2D eigenvalue weighted by Crippen LogP contribution is -2.27. The van der Waals surface area contributed by atoms with Crippen LogP contribution in [0, 0.1) is 10.1 Å². The van der Waals surface area contributed by atoms with Gasteiger partial charge in [-0.05, 0) is 29.5 Å². The van der Waals surface area contributed by atoms with Crippen LogP contribution in [0.2, 0.25) is 0 Å². The summed E-state index contributed by atoms with van der Waals surface area (Å²) in [5.74, 6) is 0. The summed E-state index contributed by atoms with van der Waals surface area (Å²) in [4.78, 5) is 12.7. The van der Waals surface area contributed by atoms with Gasteiger partial charge in [-0.1, -0.05) is 48.6 Å². The number of thiophene rings is 1. The van der Waals surface area contributed by atoms with Crippen molar-refractivity contribution >= 4 is 37.4 Å². The molecular weight excluding hydrogens is 372 g/mol. The molecule has 2 heterocycles. The molecule has 0 bridgehead atoms. The van der Waals surface area contributed by atoms with E-state index in [1.54, 1.807) is 0 Å². The maximum atomic E-state index is 11.8. The van der Waals surface area contributed by atoms with Gasteiger partial charge in [0.15, 0.2) is 14.8 Å². The van der Waals surface area contributed by atoms with Crippen LogP contribution in [0.5, 0.6) is 0 Å². The monoisotopic (exact) mass is 392 g/mol. The lowest BCUT2D eigenvalue weighted by atomic mass is 9.98. The van der Waals surface area contributed by atoms with Gasteiger partial charge >= 0.3 is 5.69 Å². The lowest BCUT2D eigenvalue weighted by molar-refractivity contribution is -0.383. The van der Waals surface area contributed by atoms with E-state index in [4.69, 9.17) is 0 Å². The Balaban J connectivity index is 1.86. The van der Waals surface area contributed by atoms with Crippen LogP contribution in [0.25, 0.3) is 5.57 Å². The van der Waals surface area contributed by atoms with Crippen molar-refractivity contribution in [1.29, 1.82) is 0 Å². The first-order chi connectivity index (χ1) is 12.3. The Kier molecular flexibility index (Phi) is 5.15. The topological polar surface area (TPSA) is 80.5 Å². The molecule has 26 heavy (non-hydrogen) atoms. The molecule has 0 N–H and O–H groups in total. The summed E-state index contributed by atoms with van der Waals surface area (Å²) in [6, 6.07) is 9.61. The molecule has 0 saturated carbocycles. The van der Waals surface area contributed by atoms with Crippen LogP contribution in [0.4, 0.5) is 10.7 Å². The maximum absolute atomic E-state index is 11.8. The number of sulfone groups is 1. The third-order valence-corrected chi connectivity index (χ3v) is 7.45. The van der Waals surface area contributed by atoms with Crippen molar-refractivity contribution < 1.29 is 13.3 Å². The zero-order valence-corrected chi connectivity index (χ0v) is 16.3. The fraction of sp³-hybridized carbons (Fsp3) is 0.333. The van der Waals surface area contributed by atoms with Crippen LogP contribution in [-0.2, 0) is 16.3 Å². The van der Waals surface area contributed by atoms with E-state index in [-0.39, 0.29) is 9.90 Å². The van der Waals surface area contributed by atoms with E-state index < -0.39 is 14.8 Å². The highest BCUT2D eigenvalue weighted by Gasteiger charge is 2.28. The van der Waals surface area contributed by atoms with Gasteiger partial charge in [0.05, 0.1) is 4.92 Å². The van der Waals surface area contributed by atoms with Gasteiger partial charge in [0.2, 0.25) is 0 Å². The number of hydrogen-bond donors (Lipinski definition) is 0. The first-order valence-corrected chi connectivity index (χ1v) is 11.0. The smallest absolute Gasteiger partial charge is 0.305 e. The number of aryl methyl sites for hydroxylation is 1. The van der Waals surface area contributed by atoms with Gasteiger partial charge in [0.1, 0.15) is 4.21 Å². The zero-order chi connectivity index (χ0) is 18.9. The molecule has 3 rings (SSSR count). The number of nitro groups is 1. The molecule has 0 radical (unpaired) electrons. The summed E-state index contributed by atoms with van der Waals surface area (Å²) < 4.78 is 23.5.